The number of halogens is 3. The van der Waals surface area contributed by atoms with Crippen LogP contribution in [0.15, 0.2) is 46.9 Å². The first-order chi connectivity index (χ1) is 14.8. The van der Waals surface area contributed by atoms with Crippen LogP contribution in [-0.4, -0.2) is 35.1 Å². The highest BCUT2D eigenvalue weighted by molar-refractivity contribution is 9.10. The van der Waals surface area contributed by atoms with E-state index >= 15 is 0 Å². The van der Waals surface area contributed by atoms with Crippen LogP contribution in [0.2, 0.25) is 10.0 Å². The van der Waals surface area contributed by atoms with Gasteiger partial charge in [-0.25, -0.2) is 0 Å². The minimum atomic E-state index is -0.557. The van der Waals surface area contributed by atoms with Crippen molar-refractivity contribution in [3.05, 3.63) is 68.1 Å². The van der Waals surface area contributed by atoms with Crippen LogP contribution in [0.4, 0.5) is 0 Å². The van der Waals surface area contributed by atoms with Gasteiger partial charge in [0.05, 0.1) is 15.8 Å². The molecule has 0 saturated heterocycles. The summed E-state index contributed by atoms with van der Waals surface area (Å²) in [6.45, 7) is 4.85. The van der Waals surface area contributed by atoms with Crippen LogP contribution < -0.4 is 5.32 Å². The van der Waals surface area contributed by atoms with Crippen LogP contribution in [-0.2, 0) is 21.9 Å². The lowest BCUT2D eigenvalue weighted by Gasteiger charge is -2.29. The zero-order chi connectivity index (χ0) is 22.8. The van der Waals surface area contributed by atoms with Gasteiger partial charge in [-0.3, -0.25) is 9.59 Å². The Bertz CT molecular complexity index is 880. The molecule has 0 heterocycles. The molecule has 1 N–H and O–H groups in total. The summed E-state index contributed by atoms with van der Waals surface area (Å²) in [6, 6.07) is 12.7. The van der Waals surface area contributed by atoms with E-state index in [0.29, 0.717) is 28.9 Å². The van der Waals surface area contributed by atoms with E-state index in [-0.39, 0.29) is 17.6 Å². The van der Waals surface area contributed by atoms with E-state index in [1.807, 2.05) is 36.4 Å². The smallest absolute Gasteiger partial charge is 0.242 e. The molecular weight excluding hydrogens is 519 g/mol. The number of nitrogens with one attached hydrogen (secondary N) is 1. The number of amides is 2. The van der Waals surface area contributed by atoms with Gasteiger partial charge in [0.1, 0.15) is 6.04 Å². The maximum absolute atomic E-state index is 13.1. The normalized spacial score (nSPS) is 11.8. The summed E-state index contributed by atoms with van der Waals surface area (Å²) in [7, 11) is 0. The number of carbonyl (C=O) groups excluding carboxylic acids is 2. The van der Waals surface area contributed by atoms with E-state index in [1.54, 1.807) is 17.9 Å². The van der Waals surface area contributed by atoms with Crippen LogP contribution in [0.5, 0.6) is 0 Å². The second-order valence-electron chi connectivity index (χ2n) is 7.21. The SMILES string of the molecule is CCCCNC(=O)[C@@H](C)N(Cc1ccc(Br)cc1)C(=O)CSCc1ccc(Cl)c(Cl)c1. The Hall–Kier alpha value is -1.21. The third kappa shape index (κ3) is 8.68. The molecule has 168 valence electrons. The van der Waals surface area contributed by atoms with E-state index < -0.39 is 6.04 Å². The molecule has 2 rings (SSSR count). The molecule has 0 unspecified atom stereocenters. The highest BCUT2D eigenvalue weighted by atomic mass is 79.9. The van der Waals surface area contributed by atoms with Crippen molar-refractivity contribution in [1.29, 1.82) is 0 Å². The predicted molar refractivity (Wildman–Crippen MR) is 135 cm³/mol. The fraction of sp³-hybridized carbons (Fsp3) is 0.391. The van der Waals surface area contributed by atoms with Gasteiger partial charge in [-0.15, -0.1) is 11.8 Å². The molecule has 0 spiro atoms. The van der Waals surface area contributed by atoms with Crippen molar-refractivity contribution in [3.8, 4) is 0 Å². The first-order valence-corrected chi connectivity index (χ1v) is 12.9. The van der Waals surface area contributed by atoms with Gasteiger partial charge in [0, 0.05) is 23.3 Å². The van der Waals surface area contributed by atoms with Gasteiger partial charge < -0.3 is 10.2 Å². The summed E-state index contributed by atoms with van der Waals surface area (Å²) in [4.78, 5) is 27.3. The van der Waals surface area contributed by atoms with Crippen LogP contribution in [0.3, 0.4) is 0 Å². The molecule has 0 aromatic heterocycles. The van der Waals surface area contributed by atoms with Gasteiger partial charge in [-0.05, 0) is 48.7 Å². The molecule has 2 amide bonds. The zero-order valence-electron chi connectivity index (χ0n) is 17.7. The minimum absolute atomic E-state index is 0.0777. The van der Waals surface area contributed by atoms with E-state index in [2.05, 4.69) is 28.2 Å². The number of thioether (sulfide) groups is 1. The quantitative estimate of drug-likeness (QED) is 0.336. The van der Waals surface area contributed by atoms with Crippen molar-refractivity contribution in [2.45, 2.75) is 45.0 Å². The van der Waals surface area contributed by atoms with Gasteiger partial charge in [0.25, 0.3) is 0 Å². The van der Waals surface area contributed by atoms with Crippen molar-refractivity contribution >= 4 is 62.7 Å². The maximum atomic E-state index is 13.1. The summed E-state index contributed by atoms with van der Waals surface area (Å²) in [5.74, 6) is 0.689. The predicted octanol–water partition coefficient (Wildman–Crippen LogP) is 6.32. The average Bonchev–Trinajstić information content (AvgIpc) is 2.75. The summed E-state index contributed by atoms with van der Waals surface area (Å²) < 4.78 is 0.969. The Labute approximate surface area is 207 Å². The van der Waals surface area contributed by atoms with E-state index in [4.69, 9.17) is 23.2 Å². The molecule has 0 saturated carbocycles. The van der Waals surface area contributed by atoms with Crippen molar-refractivity contribution in [2.75, 3.05) is 12.3 Å². The fourth-order valence-electron chi connectivity index (χ4n) is 2.87. The first-order valence-electron chi connectivity index (χ1n) is 10.1. The molecule has 0 aliphatic rings. The van der Waals surface area contributed by atoms with E-state index in [1.165, 1.54) is 11.8 Å². The molecule has 4 nitrogen and oxygen atoms in total. The van der Waals surface area contributed by atoms with E-state index in [9.17, 15) is 9.59 Å². The lowest BCUT2D eigenvalue weighted by atomic mass is 10.1. The molecule has 8 heteroatoms. The van der Waals surface area contributed by atoms with E-state index in [0.717, 1.165) is 28.4 Å². The average molecular weight is 546 g/mol. The third-order valence-electron chi connectivity index (χ3n) is 4.74. The van der Waals surface area contributed by atoms with Crippen molar-refractivity contribution in [2.24, 2.45) is 0 Å². The molecule has 31 heavy (non-hydrogen) atoms. The van der Waals surface area contributed by atoms with Gasteiger partial charge >= 0.3 is 0 Å². The number of unbranched alkanes of at least 4 members (excludes halogenated alkanes) is 1. The number of rotatable bonds is 11. The zero-order valence-corrected chi connectivity index (χ0v) is 21.6. The summed E-state index contributed by atoms with van der Waals surface area (Å²) in [5.41, 5.74) is 1.97. The second-order valence-corrected chi connectivity index (χ2v) is 9.93. The lowest BCUT2D eigenvalue weighted by Crippen LogP contribution is -2.48. The Morgan fingerprint density at radius 2 is 1.77 bits per heavy atom. The van der Waals surface area contributed by atoms with Crippen LogP contribution >= 0.6 is 50.9 Å². The van der Waals surface area contributed by atoms with Crippen LogP contribution in [0.25, 0.3) is 0 Å². The maximum Gasteiger partial charge on any atom is 0.242 e. The largest absolute Gasteiger partial charge is 0.354 e. The molecule has 1 atom stereocenters. The van der Waals surface area contributed by atoms with Crippen molar-refractivity contribution in [1.82, 2.24) is 10.2 Å². The number of hydrogen-bond acceptors (Lipinski definition) is 3. The third-order valence-corrected chi connectivity index (χ3v) is 7.00. The minimum Gasteiger partial charge on any atom is -0.354 e. The van der Waals surface area contributed by atoms with Crippen LogP contribution in [0.1, 0.15) is 37.8 Å². The lowest BCUT2D eigenvalue weighted by molar-refractivity contribution is -0.138. The molecule has 0 radical (unpaired) electrons. The van der Waals surface area contributed by atoms with Gasteiger partial charge in [-0.1, -0.05) is 70.7 Å². The molecular formula is C23H27BrCl2N2O2S. The monoisotopic (exact) mass is 544 g/mol. The number of carbonyl (C=O) groups is 2. The molecule has 0 aliphatic heterocycles. The number of hydrogen-bond donors (Lipinski definition) is 1. The Morgan fingerprint density at radius 1 is 1.10 bits per heavy atom. The summed E-state index contributed by atoms with van der Waals surface area (Å²) >= 11 is 17.0. The van der Waals surface area contributed by atoms with Gasteiger partial charge in [0.15, 0.2) is 0 Å². The molecule has 0 aliphatic carbocycles. The Kier molecular flexibility index (Phi) is 11.2. The standard InChI is InChI=1S/C23H27BrCl2N2O2S/c1-3-4-11-27-23(30)16(2)28(13-17-5-8-19(24)9-6-17)22(29)15-31-14-18-7-10-20(25)21(26)12-18/h5-10,12,16H,3-4,11,13-15H2,1-2H3,(H,27,30)/t16-/m1/s1. The van der Waals surface area contributed by atoms with Crippen molar-refractivity contribution < 1.29 is 9.59 Å². The van der Waals surface area contributed by atoms with Gasteiger partial charge in [0.2, 0.25) is 11.8 Å². The molecule has 0 fully saturated rings. The van der Waals surface area contributed by atoms with Crippen LogP contribution in [0, 0.1) is 0 Å². The molecule has 2 aromatic carbocycles. The number of nitrogens with zero attached hydrogens (tertiary/aromatic N) is 1. The topological polar surface area (TPSA) is 49.4 Å². The molecule has 0 bridgehead atoms. The van der Waals surface area contributed by atoms with Gasteiger partial charge in [-0.2, -0.15) is 0 Å². The summed E-state index contributed by atoms with van der Waals surface area (Å²) in [5, 5.41) is 3.94. The Morgan fingerprint density at radius 3 is 2.42 bits per heavy atom. The highest BCUT2D eigenvalue weighted by Gasteiger charge is 2.25. The van der Waals surface area contributed by atoms with Crippen molar-refractivity contribution in [3.63, 3.8) is 0 Å². The number of benzene rings is 2. The fourth-order valence-corrected chi connectivity index (χ4v) is 4.32. The Balaban J connectivity index is 2.04. The highest BCUT2D eigenvalue weighted by Crippen LogP contribution is 2.25. The summed E-state index contributed by atoms with van der Waals surface area (Å²) in [6.07, 6.45) is 1.92. The molecule has 2 aromatic rings. The first kappa shape index (κ1) is 26.0. The second kappa shape index (κ2) is 13.4.